The molecular formula is C63H40N4O. The zero-order chi connectivity index (χ0) is 45.0. The standard InChI is InChI=1S/C63H40N4O/c1-4-17-41(18-5-1)48-36-49(42-19-6-2-7-20-42)38-50(37-48)46-33-34-53-52-27-10-12-30-56(52)67(57(53)40-46)51-26-15-24-45(39-51)44-23-14-25-47(35-44)62-64-61(43-21-8-3-9-22-43)65-63(66-62)55-29-16-32-59-60(55)54-28-11-13-31-58(54)68-59/h1-40H. The molecule has 0 spiro atoms. The summed E-state index contributed by atoms with van der Waals surface area (Å²) >= 11 is 0. The van der Waals surface area contributed by atoms with Gasteiger partial charge in [0.25, 0.3) is 0 Å². The molecular weight excluding hydrogens is 829 g/mol. The fraction of sp³-hybridized carbons (Fsp3) is 0. The molecule has 0 saturated heterocycles. The minimum Gasteiger partial charge on any atom is -0.456 e. The first-order valence-electron chi connectivity index (χ1n) is 22.9. The summed E-state index contributed by atoms with van der Waals surface area (Å²) in [5.74, 6) is 1.79. The summed E-state index contributed by atoms with van der Waals surface area (Å²) < 4.78 is 8.69. The van der Waals surface area contributed by atoms with Gasteiger partial charge in [-0.3, -0.25) is 0 Å². The number of hydrogen-bond acceptors (Lipinski definition) is 4. The fourth-order valence-electron chi connectivity index (χ4n) is 9.78. The van der Waals surface area contributed by atoms with Crippen molar-refractivity contribution in [3.05, 3.63) is 243 Å². The van der Waals surface area contributed by atoms with Gasteiger partial charge in [-0.25, -0.2) is 15.0 Å². The minimum atomic E-state index is 0.590. The first-order chi connectivity index (χ1) is 33.7. The molecule has 5 nitrogen and oxygen atoms in total. The number of fused-ring (bicyclic) bond motifs is 6. The van der Waals surface area contributed by atoms with E-state index in [9.17, 15) is 0 Å². The lowest BCUT2D eigenvalue weighted by Crippen LogP contribution is -2.00. The number of nitrogens with zero attached hydrogens (tertiary/aromatic N) is 4. The van der Waals surface area contributed by atoms with Gasteiger partial charge in [0.1, 0.15) is 11.2 Å². The highest BCUT2D eigenvalue weighted by atomic mass is 16.3. The number of benzene rings is 10. The van der Waals surface area contributed by atoms with Gasteiger partial charge in [0.2, 0.25) is 0 Å². The number of furan rings is 1. The second-order valence-electron chi connectivity index (χ2n) is 17.2. The summed E-state index contributed by atoms with van der Waals surface area (Å²) in [4.78, 5) is 15.4. The van der Waals surface area contributed by atoms with E-state index in [1.54, 1.807) is 0 Å². The molecule has 13 aromatic rings. The lowest BCUT2D eigenvalue weighted by Gasteiger charge is -2.13. The van der Waals surface area contributed by atoms with Crippen molar-refractivity contribution in [1.82, 2.24) is 19.5 Å². The van der Waals surface area contributed by atoms with Gasteiger partial charge < -0.3 is 8.98 Å². The van der Waals surface area contributed by atoms with Gasteiger partial charge in [-0.05, 0) is 105 Å². The Morgan fingerprint density at radius 1 is 0.279 bits per heavy atom. The number of hydrogen-bond donors (Lipinski definition) is 0. The summed E-state index contributed by atoms with van der Waals surface area (Å²) in [6, 6.07) is 85.6. The van der Waals surface area contributed by atoms with E-state index in [2.05, 4.69) is 187 Å². The van der Waals surface area contributed by atoms with Crippen LogP contribution in [0.4, 0.5) is 0 Å². The smallest absolute Gasteiger partial charge is 0.164 e. The highest BCUT2D eigenvalue weighted by Crippen LogP contribution is 2.40. The van der Waals surface area contributed by atoms with Gasteiger partial charge in [0, 0.05) is 43.9 Å². The molecule has 0 radical (unpaired) electrons. The molecule has 68 heavy (non-hydrogen) atoms. The van der Waals surface area contributed by atoms with Crippen molar-refractivity contribution >= 4 is 43.7 Å². The molecule has 13 rings (SSSR count). The third-order valence-electron chi connectivity index (χ3n) is 13.0. The van der Waals surface area contributed by atoms with Crippen LogP contribution in [0, 0.1) is 0 Å². The quantitative estimate of drug-likeness (QED) is 0.153. The molecule has 0 N–H and O–H groups in total. The lowest BCUT2D eigenvalue weighted by atomic mass is 9.93. The largest absolute Gasteiger partial charge is 0.456 e. The van der Waals surface area contributed by atoms with Crippen LogP contribution in [0.2, 0.25) is 0 Å². The topological polar surface area (TPSA) is 56.7 Å². The molecule has 3 heterocycles. The predicted molar refractivity (Wildman–Crippen MR) is 279 cm³/mol. The molecule has 0 amide bonds. The van der Waals surface area contributed by atoms with Crippen LogP contribution in [0.25, 0.3) is 128 Å². The van der Waals surface area contributed by atoms with E-state index in [0.717, 1.165) is 72.0 Å². The van der Waals surface area contributed by atoms with Crippen molar-refractivity contribution in [2.75, 3.05) is 0 Å². The lowest BCUT2D eigenvalue weighted by molar-refractivity contribution is 0.669. The number of rotatable bonds is 8. The number of aromatic nitrogens is 4. The average molecular weight is 869 g/mol. The van der Waals surface area contributed by atoms with Crippen LogP contribution in [0.3, 0.4) is 0 Å². The van der Waals surface area contributed by atoms with Gasteiger partial charge in [0.15, 0.2) is 17.5 Å². The third kappa shape index (κ3) is 6.93. The summed E-state index contributed by atoms with van der Waals surface area (Å²) in [6.07, 6.45) is 0. The van der Waals surface area contributed by atoms with Crippen molar-refractivity contribution in [3.8, 4) is 84.4 Å². The molecule has 0 bridgehead atoms. The second-order valence-corrected chi connectivity index (χ2v) is 17.2. The van der Waals surface area contributed by atoms with Crippen molar-refractivity contribution in [3.63, 3.8) is 0 Å². The molecule has 0 aliphatic rings. The van der Waals surface area contributed by atoms with Crippen LogP contribution in [-0.2, 0) is 0 Å². The van der Waals surface area contributed by atoms with Gasteiger partial charge in [0.05, 0.1) is 11.0 Å². The van der Waals surface area contributed by atoms with Crippen LogP contribution in [0.15, 0.2) is 247 Å². The van der Waals surface area contributed by atoms with E-state index in [1.165, 1.54) is 38.6 Å². The molecule has 318 valence electrons. The van der Waals surface area contributed by atoms with Crippen molar-refractivity contribution in [2.24, 2.45) is 0 Å². The highest BCUT2D eigenvalue weighted by molar-refractivity contribution is 6.12. The first-order valence-corrected chi connectivity index (χ1v) is 22.9. The normalized spacial score (nSPS) is 11.5. The predicted octanol–water partition coefficient (Wildman–Crippen LogP) is 16.5. The van der Waals surface area contributed by atoms with Crippen molar-refractivity contribution in [2.45, 2.75) is 0 Å². The van der Waals surface area contributed by atoms with E-state index in [1.807, 2.05) is 60.7 Å². The Bertz CT molecular complexity index is 3970. The maximum absolute atomic E-state index is 6.28. The minimum absolute atomic E-state index is 0.590. The Labute approximate surface area is 392 Å². The zero-order valence-electron chi connectivity index (χ0n) is 36.8. The Morgan fingerprint density at radius 2 is 0.765 bits per heavy atom. The van der Waals surface area contributed by atoms with E-state index < -0.39 is 0 Å². The SMILES string of the molecule is c1ccc(-c2cc(-c3ccccc3)cc(-c3ccc4c5ccccc5n(-c5cccc(-c6cccc(-c7nc(-c8ccccc8)nc(-c8cccc9oc%10ccccc%10c89)n7)c6)c5)c4c3)c2)cc1. The fourth-order valence-corrected chi connectivity index (χ4v) is 9.78. The monoisotopic (exact) mass is 868 g/mol. The Morgan fingerprint density at radius 3 is 1.50 bits per heavy atom. The van der Waals surface area contributed by atoms with E-state index in [0.29, 0.717) is 17.5 Å². The Hall–Kier alpha value is -9.19. The third-order valence-corrected chi connectivity index (χ3v) is 13.0. The highest BCUT2D eigenvalue weighted by Gasteiger charge is 2.19. The maximum atomic E-state index is 6.28. The summed E-state index contributed by atoms with van der Waals surface area (Å²) in [5, 5.41) is 4.43. The van der Waals surface area contributed by atoms with Crippen molar-refractivity contribution < 1.29 is 4.42 Å². The molecule has 5 heteroatoms. The van der Waals surface area contributed by atoms with E-state index >= 15 is 0 Å². The molecule has 0 atom stereocenters. The summed E-state index contributed by atoms with van der Waals surface area (Å²) in [6.45, 7) is 0. The van der Waals surface area contributed by atoms with Crippen LogP contribution < -0.4 is 0 Å². The number of para-hydroxylation sites is 2. The van der Waals surface area contributed by atoms with Crippen LogP contribution in [0.5, 0.6) is 0 Å². The van der Waals surface area contributed by atoms with Crippen LogP contribution >= 0.6 is 0 Å². The van der Waals surface area contributed by atoms with E-state index in [-0.39, 0.29) is 0 Å². The summed E-state index contributed by atoms with van der Waals surface area (Å²) in [5.41, 5.74) is 16.9. The molecule has 0 saturated carbocycles. The average Bonchev–Trinajstić information content (AvgIpc) is 3.97. The Balaban J connectivity index is 0.933. The maximum Gasteiger partial charge on any atom is 0.164 e. The molecule has 10 aromatic carbocycles. The van der Waals surface area contributed by atoms with E-state index in [4.69, 9.17) is 19.4 Å². The van der Waals surface area contributed by atoms with Crippen molar-refractivity contribution in [1.29, 1.82) is 0 Å². The first kappa shape index (κ1) is 39.2. The van der Waals surface area contributed by atoms with Crippen LogP contribution in [0.1, 0.15) is 0 Å². The second kappa shape index (κ2) is 16.4. The van der Waals surface area contributed by atoms with Gasteiger partial charge >= 0.3 is 0 Å². The summed E-state index contributed by atoms with van der Waals surface area (Å²) in [7, 11) is 0. The molecule has 3 aromatic heterocycles. The van der Waals surface area contributed by atoms with Gasteiger partial charge in [-0.1, -0.05) is 182 Å². The molecule has 0 unspecified atom stereocenters. The Kier molecular flexibility index (Phi) is 9.43. The van der Waals surface area contributed by atoms with Crippen LogP contribution in [-0.4, -0.2) is 19.5 Å². The van der Waals surface area contributed by atoms with Gasteiger partial charge in [-0.2, -0.15) is 0 Å². The molecule has 0 aliphatic carbocycles. The zero-order valence-corrected chi connectivity index (χ0v) is 36.8. The van der Waals surface area contributed by atoms with Gasteiger partial charge in [-0.15, -0.1) is 0 Å². The molecule has 0 fully saturated rings. The molecule has 0 aliphatic heterocycles.